The van der Waals surface area contributed by atoms with Crippen molar-refractivity contribution in [3.63, 3.8) is 0 Å². The number of hydrogen-bond acceptors (Lipinski definition) is 3. The molecule has 0 radical (unpaired) electrons. The standard InChI is InChI=1S/C23H26FN3O2/c1-17-6-5-9-21(18(17)2)25-22(28)16-26-12-14-27(15-13-26)23(29)11-10-19-7-3-4-8-20(19)24/h3-11H,12-16H2,1-2H3,(H,25,28)/b11-10+. The van der Waals surface area contributed by atoms with E-state index >= 15 is 0 Å². The van der Waals surface area contributed by atoms with Gasteiger partial charge in [-0.3, -0.25) is 14.5 Å². The van der Waals surface area contributed by atoms with Crippen LogP contribution in [0.2, 0.25) is 0 Å². The molecule has 1 heterocycles. The van der Waals surface area contributed by atoms with Gasteiger partial charge in [-0.2, -0.15) is 0 Å². The molecule has 0 unspecified atom stereocenters. The Hall–Kier alpha value is -2.99. The van der Waals surface area contributed by atoms with Crippen LogP contribution in [0.1, 0.15) is 16.7 Å². The van der Waals surface area contributed by atoms with Crippen LogP contribution in [-0.2, 0) is 9.59 Å². The van der Waals surface area contributed by atoms with Gasteiger partial charge in [0.2, 0.25) is 11.8 Å². The van der Waals surface area contributed by atoms with Crippen molar-refractivity contribution >= 4 is 23.6 Å². The van der Waals surface area contributed by atoms with Gasteiger partial charge in [0, 0.05) is 43.5 Å². The first-order chi connectivity index (χ1) is 13.9. The highest BCUT2D eigenvalue weighted by Crippen LogP contribution is 2.18. The van der Waals surface area contributed by atoms with Gasteiger partial charge in [0.25, 0.3) is 0 Å². The van der Waals surface area contributed by atoms with Gasteiger partial charge in [-0.1, -0.05) is 30.3 Å². The second kappa shape index (κ2) is 9.47. The molecule has 0 spiro atoms. The molecule has 1 N–H and O–H groups in total. The quantitative estimate of drug-likeness (QED) is 0.791. The largest absolute Gasteiger partial charge is 0.337 e. The summed E-state index contributed by atoms with van der Waals surface area (Å²) in [5, 5.41) is 2.97. The summed E-state index contributed by atoms with van der Waals surface area (Å²) >= 11 is 0. The zero-order chi connectivity index (χ0) is 20.8. The number of rotatable bonds is 5. The molecule has 0 saturated carbocycles. The summed E-state index contributed by atoms with van der Waals surface area (Å²) in [5.41, 5.74) is 3.43. The molecule has 0 bridgehead atoms. The summed E-state index contributed by atoms with van der Waals surface area (Å²) in [4.78, 5) is 28.5. The number of aryl methyl sites for hydroxylation is 1. The van der Waals surface area contributed by atoms with Gasteiger partial charge >= 0.3 is 0 Å². The van der Waals surface area contributed by atoms with Gasteiger partial charge in [-0.25, -0.2) is 4.39 Å². The van der Waals surface area contributed by atoms with Crippen molar-refractivity contribution in [2.24, 2.45) is 0 Å². The monoisotopic (exact) mass is 395 g/mol. The second-order valence-corrected chi connectivity index (χ2v) is 7.25. The molecule has 0 aliphatic carbocycles. The summed E-state index contributed by atoms with van der Waals surface area (Å²) in [6.07, 6.45) is 2.91. The molecule has 1 fully saturated rings. The topological polar surface area (TPSA) is 52.7 Å². The Morgan fingerprint density at radius 3 is 2.48 bits per heavy atom. The number of halogens is 1. The average molecular weight is 395 g/mol. The molecule has 29 heavy (non-hydrogen) atoms. The molecule has 5 nitrogen and oxygen atoms in total. The van der Waals surface area contributed by atoms with E-state index < -0.39 is 0 Å². The van der Waals surface area contributed by atoms with Crippen molar-refractivity contribution in [1.82, 2.24) is 9.80 Å². The molecule has 1 aliphatic rings. The maximum atomic E-state index is 13.6. The molecule has 2 aromatic carbocycles. The van der Waals surface area contributed by atoms with Crippen LogP contribution < -0.4 is 5.32 Å². The SMILES string of the molecule is Cc1cccc(NC(=O)CN2CCN(C(=O)/C=C/c3ccccc3F)CC2)c1C. The second-order valence-electron chi connectivity index (χ2n) is 7.25. The third-order valence-corrected chi connectivity index (χ3v) is 5.24. The first kappa shape index (κ1) is 20.7. The molecular weight excluding hydrogens is 369 g/mol. The highest BCUT2D eigenvalue weighted by atomic mass is 19.1. The number of piperazine rings is 1. The van der Waals surface area contributed by atoms with Crippen molar-refractivity contribution in [2.45, 2.75) is 13.8 Å². The normalized spacial score (nSPS) is 14.9. The van der Waals surface area contributed by atoms with Crippen LogP contribution in [0.5, 0.6) is 0 Å². The summed E-state index contributed by atoms with van der Waals surface area (Å²) in [6, 6.07) is 12.2. The number of nitrogens with one attached hydrogen (secondary N) is 1. The fourth-order valence-electron chi connectivity index (χ4n) is 3.28. The first-order valence-electron chi connectivity index (χ1n) is 9.74. The van der Waals surface area contributed by atoms with E-state index in [-0.39, 0.29) is 17.6 Å². The third-order valence-electron chi connectivity index (χ3n) is 5.24. The fourth-order valence-corrected chi connectivity index (χ4v) is 3.28. The number of hydrogen-bond donors (Lipinski definition) is 1. The Balaban J connectivity index is 1.47. The van der Waals surface area contributed by atoms with Gasteiger partial charge in [-0.05, 0) is 43.2 Å². The number of benzene rings is 2. The summed E-state index contributed by atoms with van der Waals surface area (Å²) in [7, 11) is 0. The Labute approximate surface area is 170 Å². The van der Waals surface area contributed by atoms with Crippen molar-refractivity contribution in [3.05, 3.63) is 71.0 Å². The number of nitrogens with zero attached hydrogens (tertiary/aromatic N) is 2. The van der Waals surface area contributed by atoms with Crippen molar-refractivity contribution in [1.29, 1.82) is 0 Å². The highest BCUT2D eigenvalue weighted by molar-refractivity contribution is 5.93. The molecule has 152 valence electrons. The summed E-state index contributed by atoms with van der Waals surface area (Å²) in [5.74, 6) is -0.554. The van der Waals surface area contributed by atoms with Gasteiger partial charge in [0.15, 0.2) is 0 Å². The van der Waals surface area contributed by atoms with E-state index in [4.69, 9.17) is 0 Å². The molecule has 1 aliphatic heterocycles. The minimum absolute atomic E-state index is 0.0575. The highest BCUT2D eigenvalue weighted by Gasteiger charge is 2.21. The van der Waals surface area contributed by atoms with E-state index in [1.807, 2.05) is 36.9 Å². The number of anilines is 1. The van der Waals surface area contributed by atoms with E-state index in [9.17, 15) is 14.0 Å². The summed E-state index contributed by atoms with van der Waals surface area (Å²) < 4.78 is 13.6. The van der Waals surface area contributed by atoms with Gasteiger partial charge < -0.3 is 10.2 Å². The molecule has 2 amide bonds. The van der Waals surface area contributed by atoms with Gasteiger partial charge in [0.05, 0.1) is 6.54 Å². The van der Waals surface area contributed by atoms with Crippen LogP contribution in [0, 0.1) is 19.7 Å². The van der Waals surface area contributed by atoms with E-state index in [1.165, 1.54) is 18.2 Å². The van der Waals surface area contributed by atoms with E-state index in [1.54, 1.807) is 23.1 Å². The Bertz CT molecular complexity index is 918. The van der Waals surface area contributed by atoms with E-state index in [0.29, 0.717) is 38.3 Å². The molecular formula is C23H26FN3O2. The zero-order valence-corrected chi connectivity index (χ0v) is 16.8. The van der Waals surface area contributed by atoms with Crippen molar-refractivity contribution < 1.29 is 14.0 Å². The van der Waals surface area contributed by atoms with Gasteiger partial charge in [0.1, 0.15) is 5.82 Å². The molecule has 2 aromatic rings. The number of amides is 2. The maximum absolute atomic E-state index is 13.6. The molecule has 0 aromatic heterocycles. The minimum atomic E-state index is -0.351. The predicted octanol–water partition coefficient (Wildman–Crippen LogP) is 3.24. The van der Waals surface area contributed by atoms with Gasteiger partial charge in [-0.15, -0.1) is 0 Å². The first-order valence-corrected chi connectivity index (χ1v) is 9.74. The number of carbonyl (C=O) groups is 2. The maximum Gasteiger partial charge on any atom is 0.246 e. The minimum Gasteiger partial charge on any atom is -0.337 e. The Morgan fingerprint density at radius 2 is 1.76 bits per heavy atom. The molecule has 6 heteroatoms. The summed E-state index contributed by atoms with van der Waals surface area (Å²) in [6.45, 7) is 6.62. The van der Waals surface area contributed by atoms with E-state index in [2.05, 4.69) is 5.32 Å². The van der Waals surface area contributed by atoms with Crippen molar-refractivity contribution in [3.8, 4) is 0 Å². The molecule has 0 atom stereocenters. The smallest absolute Gasteiger partial charge is 0.246 e. The van der Waals surface area contributed by atoms with E-state index in [0.717, 1.165) is 16.8 Å². The molecule has 3 rings (SSSR count). The van der Waals surface area contributed by atoms with Crippen LogP contribution in [0.15, 0.2) is 48.5 Å². The van der Waals surface area contributed by atoms with Crippen LogP contribution in [0.4, 0.5) is 10.1 Å². The Morgan fingerprint density at radius 1 is 1.03 bits per heavy atom. The Kier molecular flexibility index (Phi) is 6.77. The lowest BCUT2D eigenvalue weighted by Gasteiger charge is -2.33. The van der Waals surface area contributed by atoms with Crippen molar-refractivity contribution in [2.75, 3.05) is 38.0 Å². The van der Waals surface area contributed by atoms with Crippen LogP contribution in [0.25, 0.3) is 6.08 Å². The average Bonchev–Trinajstić information content (AvgIpc) is 2.71. The predicted molar refractivity (Wildman–Crippen MR) is 113 cm³/mol. The third kappa shape index (κ3) is 5.51. The lowest BCUT2D eigenvalue weighted by atomic mass is 10.1. The lowest BCUT2D eigenvalue weighted by Crippen LogP contribution is -2.50. The van der Waals surface area contributed by atoms with Crippen LogP contribution in [-0.4, -0.2) is 54.3 Å². The zero-order valence-electron chi connectivity index (χ0n) is 16.8. The molecule has 1 saturated heterocycles. The van der Waals surface area contributed by atoms with Crippen LogP contribution in [0.3, 0.4) is 0 Å². The fraction of sp³-hybridized carbons (Fsp3) is 0.304. The van der Waals surface area contributed by atoms with Crippen LogP contribution >= 0.6 is 0 Å². The lowest BCUT2D eigenvalue weighted by molar-refractivity contribution is -0.127. The number of carbonyl (C=O) groups excluding carboxylic acids is 2.